The highest BCUT2D eigenvalue weighted by atomic mass is 35.5. The van der Waals surface area contributed by atoms with Gasteiger partial charge in [0.25, 0.3) is 5.91 Å². The fraction of sp³-hybridized carbons (Fsp3) is 0.471. The van der Waals surface area contributed by atoms with E-state index >= 15 is 0 Å². The number of carbonyl (C=O) groups excluding carboxylic acids is 1. The summed E-state index contributed by atoms with van der Waals surface area (Å²) in [6.07, 6.45) is -2.29. The van der Waals surface area contributed by atoms with Crippen LogP contribution in [-0.2, 0) is 6.18 Å². The molecule has 4 rings (SSSR count). The Labute approximate surface area is 164 Å². The third kappa shape index (κ3) is 3.83. The normalized spacial score (nSPS) is 21.9. The highest BCUT2D eigenvalue weighted by molar-refractivity contribution is 5.93. The Morgan fingerprint density at radius 2 is 1.93 bits per heavy atom. The molecule has 1 amide bonds. The molecular weight excluding hydrogens is 402 g/mol. The first-order valence-corrected chi connectivity index (χ1v) is 8.67. The second kappa shape index (κ2) is 7.67. The molecule has 2 aliphatic rings. The van der Waals surface area contributed by atoms with Crippen molar-refractivity contribution < 1.29 is 22.4 Å². The van der Waals surface area contributed by atoms with Crippen molar-refractivity contribution in [1.82, 2.24) is 25.2 Å². The summed E-state index contributed by atoms with van der Waals surface area (Å²) in [6.45, 7) is 0.691. The number of nitrogens with zero attached hydrogens (tertiary/aromatic N) is 4. The molecule has 0 aliphatic carbocycles. The van der Waals surface area contributed by atoms with Crippen LogP contribution in [0.4, 0.5) is 17.6 Å². The van der Waals surface area contributed by atoms with E-state index in [1.165, 1.54) is 17.0 Å². The molecular formula is C17H18ClF4N5O. The van der Waals surface area contributed by atoms with Crippen molar-refractivity contribution >= 4 is 18.3 Å². The van der Waals surface area contributed by atoms with Crippen molar-refractivity contribution in [2.45, 2.75) is 37.5 Å². The second-order valence-electron chi connectivity index (χ2n) is 6.85. The van der Waals surface area contributed by atoms with Crippen molar-refractivity contribution in [2.24, 2.45) is 0 Å². The molecule has 152 valence electrons. The lowest BCUT2D eigenvalue weighted by atomic mass is 10.1. The van der Waals surface area contributed by atoms with Crippen LogP contribution in [-0.4, -0.2) is 51.0 Å². The Morgan fingerprint density at radius 3 is 2.64 bits per heavy atom. The summed E-state index contributed by atoms with van der Waals surface area (Å²) in [4.78, 5) is 14.2. The largest absolute Gasteiger partial charge is 0.435 e. The molecule has 2 fully saturated rings. The summed E-state index contributed by atoms with van der Waals surface area (Å²) in [5.74, 6) is -1.52. The smallest absolute Gasteiger partial charge is 0.336 e. The van der Waals surface area contributed by atoms with Crippen molar-refractivity contribution in [3.05, 3.63) is 41.5 Å². The minimum Gasteiger partial charge on any atom is -0.336 e. The minimum absolute atomic E-state index is 0. The molecule has 3 heterocycles. The number of benzene rings is 1. The number of amides is 1. The molecule has 0 saturated carbocycles. The van der Waals surface area contributed by atoms with Crippen molar-refractivity contribution in [3.8, 4) is 5.69 Å². The van der Waals surface area contributed by atoms with Crippen LogP contribution < -0.4 is 5.32 Å². The number of hydrogen-bond acceptors (Lipinski definition) is 4. The zero-order valence-electron chi connectivity index (χ0n) is 14.6. The number of rotatable bonds is 2. The average molecular weight is 420 g/mol. The van der Waals surface area contributed by atoms with Crippen molar-refractivity contribution in [1.29, 1.82) is 0 Å². The highest BCUT2D eigenvalue weighted by Crippen LogP contribution is 2.33. The maximum Gasteiger partial charge on any atom is 0.435 e. The first-order chi connectivity index (χ1) is 12.8. The van der Waals surface area contributed by atoms with Gasteiger partial charge in [0.1, 0.15) is 5.82 Å². The standard InChI is InChI=1S/C17H17F4N5O.ClH/c18-10-2-1-3-13(8-10)26-15(17(19,20)21)14(23-24-26)16(27)25-7-6-11-4-5-12(9-25)22-11;/h1-3,8,11-12,22H,4-7,9H2;1H. The molecule has 0 spiro atoms. The van der Waals surface area contributed by atoms with Gasteiger partial charge in [-0.1, -0.05) is 11.3 Å². The van der Waals surface area contributed by atoms with Crippen molar-refractivity contribution in [3.63, 3.8) is 0 Å². The van der Waals surface area contributed by atoms with E-state index in [4.69, 9.17) is 0 Å². The molecule has 2 aromatic rings. The summed E-state index contributed by atoms with van der Waals surface area (Å²) >= 11 is 0. The number of fused-ring (bicyclic) bond motifs is 2. The monoisotopic (exact) mass is 419 g/mol. The predicted octanol–water partition coefficient (Wildman–Crippen LogP) is 2.81. The lowest BCUT2D eigenvalue weighted by molar-refractivity contribution is -0.143. The van der Waals surface area contributed by atoms with Crippen LogP contribution in [0.3, 0.4) is 0 Å². The van der Waals surface area contributed by atoms with E-state index < -0.39 is 29.3 Å². The minimum atomic E-state index is -4.87. The third-order valence-electron chi connectivity index (χ3n) is 5.00. The molecule has 2 bridgehead atoms. The Morgan fingerprint density at radius 1 is 1.18 bits per heavy atom. The third-order valence-corrected chi connectivity index (χ3v) is 5.00. The number of alkyl halides is 3. The number of halogens is 5. The van der Waals surface area contributed by atoms with Gasteiger partial charge >= 0.3 is 6.18 Å². The predicted molar refractivity (Wildman–Crippen MR) is 94.0 cm³/mol. The van der Waals surface area contributed by atoms with Crippen LogP contribution in [0.25, 0.3) is 5.69 Å². The molecule has 11 heteroatoms. The number of likely N-dealkylation sites (tertiary alicyclic amines) is 1. The summed E-state index contributed by atoms with van der Waals surface area (Å²) in [5.41, 5.74) is -2.20. The maximum absolute atomic E-state index is 13.7. The van der Waals surface area contributed by atoms with E-state index in [0.29, 0.717) is 24.2 Å². The number of aromatic nitrogens is 3. The van der Waals surface area contributed by atoms with Gasteiger partial charge in [-0.25, -0.2) is 9.07 Å². The SMILES string of the molecule is Cl.O=C(c1nnn(-c2cccc(F)c2)c1C(F)(F)F)N1CCC2CCC(C1)N2. The maximum atomic E-state index is 13.7. The molecule has 0 radical (unpaired) electrons. The zero-order chi connectivity index (χ0) is 19.2. The van der Waals surface area contributed by atoms with E-state index in [2.05, 4.69) is 15.6 Å². The van der Waals surface area contributed by atoms with Crippen LogP contribution in [0, 0.1) is 5.82 Å². The molecule has 2 unspecified atom stereocenters. The Hall–Kier alpha value is -2.20. The van der Waals surface area contributed by atoms with Crippen LogP contribution in [0.1, 0.15) is 35.4 Å². The van der Waals surface area contributed by atoms with Gasteiger partial charge in [0.2, 0.25) is 0 Å². The van der Waals surface area contributed by atoms with Crippen LogP contribution in [0.2, 0.25) is 0 Å². The molecule has 1 aromatic heterocycles. The van der Waals surface area contributed by atoms with Crippen LogP contribution in [0.15, 0.2) is 24.3 Å². The van der Waals surface area contributed by atoms with E-state index in [9.17, 15) is 22.4 Å². The lowest BCUT2D eigenvalue weighted by Crippen LogP contribution is -2.40. The Bertz CT molecular complexity index is 871. The van der Waals surface area contributed by atoms with Gasteiger partial charge in [0.05, 0.1) is 5.69 Å². The van der Waals surface area contributed by atoms with Crippen LogP contribution in [0.5, 0.6) is 0 Å². The molecule has 28 heavy (non-hydrogen) atoms. The summed E-state index contributed by atoms with van der Waals surface area (Å²) in [7, 11) is 0. The Balaban J connectivity index is 0.00000225. The molecule has 1 N–H and O–H groups in total. The fourth-order valence-corrected chi connectivity index (χ4v) is 3.75. The van der Waals surface area contributed by atoms with Gasteiger partial charge in [-0.05, 0) is 37.5 Å². The fourth-order valence-electron chi connectivity index (χ4n) is 3.75. The van der Waals surface area contributed by atoms with E-state index in [1.54, 1.807) is 0 Å². The van der Waals surface area contributed by atoms with Gasteiger partial charge < -0.3 is 10.2 Å². The second-order valence-corrected chi connectivity index (χ2v) is 6.85. The summed E-state index contributed by atoms with van der Waals surface area (Å²) < 4.78 is 55.0. The average Bonchev–Trinajstić information content (AvgIpc) is 3.17. The first-order valence-electron chi connectivity index (χ1n) is 8.67. The first kappa shape index (κ1) is 20.5. The lowest BCUT2D eigenvalue weighted by Gasteiger charge is -2.24. The van der Waals surface area contributed by atoms with Crippen molar-refractivity contribution in [2.75, 3.05) is 13.1 Å². The Kier molecular flexibility index (Phi) is 5.62. The van der Waals surface area contributed by atoms with Gasteiger partial charge in [-0.2, -0.15) is 13.2 Å². The highest BCUT2D eigenvalue weighted by Gasteiger charge is 2.43. The topological polar surface area (TPSA) is 63.1 Å². The number of carbonyl (C=O) groups is 1. The molecule has 1 aromatic carbocycles. The zero-order valence-corrected chi connectivity index (χ0v) is 15.4. The summed E-state index contributed by atoms with van der Waals surface area (Å²) in [6, 6.07) is 4.93. The van der Waals surface area contributed by atoms with Gasteiger partial charge in [0, 0.05) is 25.2 Å². The molecule has 2 atom stereocenters. The van der Waals surface area contributed by atoms with Crippen LogP contribution >= 0.6 is 12.4 Å². The quantitative estimate of drug-likeness (QED) is 0.760. The molecule has 6 nitrogen and oxygen atoms in total. The number of nitrogens with one attached hydrogen (secondary N) is 1. The summed E-state index contributed by atoms with van der Waals surface area (Å²) in [5, 5.41) is 10.4. The van der Waals surface area contributed by atoms with Gasteiger partial charge in [0.15, 0.2) is 11.4 Å². The molecule has 2 aliphatic heterocycles. The van der Waals surface area contributed by atoms with Gasteiger partial charge in [-0.15, -0.1) is 17.5 Å². The number of hydrogen-bond donors (Lipinski definition) is 1. The van der Waals surface area contributed by atoms with E-state index in [-0.39, 0.29) is 30.2 Å². The van der Waals surface area contributed by atoms with E-state index in [1.807, 2.05) is 0 Å². The molecule has 2 saturated heterocycles. The van der Waals surface area contributed by atoms with Gasteiger partial charge in [-0.3, -0.25) is 4.79 Å². The van der Waals surface area contributed by atoms with E-state index in [0.717, 1.165) is 25.0 Å².